The summed E-state index contributed by atoms with van der Waals surface area (Å²) in [6.45, 7) is 3.44. The van der Waals surface area contributed by atoms with E-state index in [2.05, 4.69) is 15.1 Å². The van der Waals surface area contributed by atoms with E-state index >= 15 is 0 Å². The molecule has 0 unspecified atom stereocenters. The molecule has 0 fully saturated rings. The van der Waals surface area contributed by atoms with Crippen molar-refractivity contribution < 1.29 is 9.90 Å². The van der Waals surface area contributed by atoms with Crippen LogP contribution in [0.1, 0.15) is 22.0 Å². The van der Waals surface area contributed by atoms with E-state index in [1.54, 1.807) is 19.9 Å². The molecule has 0 aromatic carbocycles. The number of rotatable bonds is 2. The van der Waals surface area contributed by atoms with Gasteiger partial charge >= 0.3 is 5.97 Å². The van der Waals surface area contributed by atoms with Gasteiger partial charge in [-0.15, -0.1) is 0 Å². The number of carboxylic acids is 1. The van der Waals surface area contributed by atoms with Gasteiger partial charge in [0.25, 0.3) is 5.56 Å². The molecule has 7 heteroatoms. The Hall–Kier alpha value is -2.57. The molecule has 92 valence electrons. The molecule has 0 spiro atoms. The molecule has 1 N–H and O–H groups in total. The minimum Gasteiger partial charge on any atom is -0.476 e. The number of aromatic nitrogens is 4. The summed E-state index contributed by atoms with van der Waals surface area (Å²) in [5, 5.41) is 12.6. The Morgan fingerprint density at radius 1 is 1.28 bits per heavy atom. The van der Waals surface area contributed by atoms with Crippen LogP contribution in [0.15, 0.2) is 23.0 Å². The van der Waals surface area contributed by atoms with Crippen molar-refractivity contribution in [2.24, 2.45) is 0 Å². The van der Waals surface area contributed by atoms with Crippen LogP contribution in [0, 0.1) is 13.8 Å². The average molecular weight is 246 g/mol. The number of carbonyl (C=O) groups is 1. The standard InChI is InChI=1S/C11H10N4O3/c1-6-5-9(13-7(2)12-6)15-10(16)4-3-8(14-15)11(17)18/h3-5H,1-2H3,(H,17,18). The molecule has 2 aromatic heterocycles. The molecule has 0 bridgehead atoms. The molecule has 2 heterocycles. The first kappa shape index (κ1) is 11.9. The summed E-state index contributed by atoms with van der Waals surface area (Å²) >= 11 is 0. The van der Waals surface area contributed by atoms with Gasteiger partial charge in [0.2, 0.25) is 0 Å². The molecule has 0 saturated heterocycles. The Morgan fingerprint density at radius 2 is 2.00 bits per heavy atom. The zero-order chi connectivity index (χ0) is 13.3. The number of aryl methyl sites for hydroxylation is 2. The highest BCUT2D eigenvalue weighted by Crippen LogP contribution is 2.03. The smallest absolute Gasteiger partial charge is 0.356 e. The summed E-state index contributed by atoms with van der Waals surface area (Å²) in [6.07, 6.45) is 0. The third-order valence-corrected chi connectivity index (χ3v) is 2.19. The Morgan fingerprint density at radius 3 is 2.61 bits per heavy atom. The number of hydrogen-bond donors (Lipinski definition) is 1. The summed E-state index contributed by atoms with van der Waals surface area (Å²) in [4.78, 5) is 30.6. The van der Waals surface area contributed by atoms with Gasteiger partial charge in [0.1, 0.15) is 5.82 Å². The maximum atomic E-state index is 11.7. The highest BCUT2D eigenvalue weighted by Gasteiger charge is 2.10. The molecule has 0 atom stereocenters. The molecule has 0 radical (unpaired) electrons. The molecular formula is C11H10N4O3. The first-order chi connectivity index (χ1) is 8.47. The lowest BCUT2D eigenvalue weighted by molar-refractivity contribution is 0.0688. The van der Waals surface area contributed by atoms with Gasteiger partial charge in [-0.05, 0) is 19.9 Å². The van der Waals surface area contributed by atoms with Gasteiger partial charge in [-0.25, -0.2) is 14.8 Å². The van der Waals surface area contributed by atoms with Crippen molar-refractivity contribution in [3.8, 4) is 5.82 Å². The first-order valence-corrected chi connectivity index (χ1v) is 5.14. The SMILES string of the molecule is Cc1cc(-n2nc(C(=O)O)ccc2=O)nc(C)n1. The summed E-state index contributed by atoms with van der Waals surface area (Å²) in [5.74, 6) is -0.459. The van der Waals surface area contributed by atoms with Crippen molar-refractivity contribution in [1.82, 2.24) is 19.7 Å². The lowest BCUT2D eigenvalue weighted by Crippen LogP contribution is -2.24. The van der Waals surface area contributed by atoms with E-state index in [1.165, 1.54) is 0 Å². The lowest BCUT2D eigenvalue weighted by Gasteiger charge is -2.05. The van der Waals surface area contributed by atoms with E-state index in [0.29, 0.717) is 11.5 Å². The van der Waals surface area contributed by atoms with Crippen LogP contribution >= 0.6 is 0 Å². The van der Waals surface area contributed by atoms with Crippen molar-refractivity contribution in [2.45, 2.75) is 13.8 Å². The fourth-order valence-corrected chi connectivity index (χ4v) is 1.50. The number of carboxylic acid groups (broad SMARTS) is 1. The molecule has 0 aliphatic heterocycles. The molecule has 0 amide bonds. The van der Waals surface area contributed by atoms with Crippen LogP contribution in [0.2, 0.25) is 0 Å². The zero-order valence-corrected chi connectivity index (χ0v) is 9.78. The summed E-state index contributed by atoms with van der Waals surface area (Å²) < 4.78 is 0.950. The number of nitrogens with zero attached hydrogens (tertiary/aromatic N) is 4. The monoisotopic (exact) mass is 246 g/mol. The lowest BCUT2D eigenvalue weighted by atomic mass is 10.4. The van der Waals surface area contributed by atoms with Crippen LogP contribution in [0.25, 0.3) is 5.82 Å². The summed E-state index contributed by atoms with van der Waals surface area (Å²) in [6, 6.07) is 3.86. The van der Waals surface area contributed by atoms with Gasteiger partial charge in [0.15, 0.2) is 11.5 Å². The number of hydrogen-bond acceptors (Lipinski definition) is 5. The molecule has 0 saturated carbocycles. The van der Waals surface area contributed by atoms with Gasteiger partial charge in [-0.2, -0.15) is 9.78 Å². The molecule has 0 aliphatic rings. The van der Waals surface area contributed by atoms with Crippen LogP contribution in [0.5, 0.6) is 0 Å². The van der Waals surface area contributed by atoms with E-state index in [4.69, 9.17) is 5.11 Å². The van der Waals surface area contributed by atoms with Crippen molar-refractivity contribution in [2.75, 3.05) is 0 Å². The average Bonchev–Trinajstić information content (AvgIpc) is 2.27. The molecule has 2 rings (SSSR count). The molecule has 18 heavy (non-hydrogen) atoms. The Kier molecular flexibility index (Phi) is 2.88. The van der Waals surface area contributed by atoms with Gasteiger partial charge in [0.05, 0.1) is 0 Å². The zero-order valence-electron chi connectivity index (χ0n) is 9.78. The third-order valence-electron chi connectivity index (χ3n) is 2.19. The third kappa shape index (κ3) is 2.24. The van der Waals surface area contributed by atoms with Crippen molar-refractivity contribution in [3.05, 3.63) is 45.8 Å². The van der Waals surface area contributed by atoms with Crippen molar-refractivity contribution in [1.29, 1.82) is 0 Å². The highest BCUT2D eigenvalue weighted by molar-refractivity contribution is 5.84. The van der Waals surface area contributed by atoms with Crippen molar-refractivity contribution in [3.63, 3.8) is 0 Å². The van der Waals surface area contributed by atoms with E-state index in [-0.39, 0.29) is 11.5 Å². The van der Waals surface area contributed by atoms with Crippen LogP contribution in [-0.2, 0) is 0 Å². The fourth-order valence-electron chi connectivity index (χ4n) is 1.50. The van der Waals surface area contributed by atoms with Crippen LogP contribution < -0.4 is 5.56 Å². The van der Waals surface area contributed by atoms with Gasteiger partial charge < -0.3 is 5.11 Å². The topological polar surface area (TPSA) is 98.0 Å². The Bertz CT molecular complexity index is 658. The number of aromatic carboxylic acids is 1. The Labute approximate surface area is 102 Å². The van der Waals surface area contributed by atoms with E-state index < -0.39 is 11.5 Å². The second-order valence-corrected chi connectivity index (χ2v) is 3.69. The molecular weight excluding hydrogens is 236 g/mol. The maximum absolute atomic E-state index is 11.7. The van der Waals surface area contributed by atoms with Gasteiger partial charge in [-0.3, -0.25) is 4.79 Å². The fraction of sp³-hybridized carbons (Fsp3) is 0.182. The summed E-state index contributed by atoms with van der Waals surface area (Å²) in [5.41, 5.74) is 0.00736. The predicted molar refractivity (Wildman–Crippen MR) is 61.9 cm³/mol. The van der Waals surface area contributed by atoms with Crippen LogP contribution in [-0.4, -0.2) is 30.8 Å². The minimum atomic E-state index is -1.20. The van der Waals surface area contributed by atoms with E-state index in [1.807, 2.05) is 0 Å². The minimum absolute atomic E-state index is 0.219. The first-order valence-electron chi connectivity index (χ1n) is 5.14. The highest BCUT2D eigenvalue weighted by atomic mass is 16.4. The normalized spacial score (nSPS) is 10.3. The molecule has 2 aromatic rings. The molecule has 0 aliphatic carbocycles. The second kappa shape index (κ2) is 4.36. The van der Waals surface area contributed by atoms with Gasteiger partial charge in [-0.1, -0.05) is 0 Å². The van der Waals surface area contributed by atoms with Crippen molar-refractivity contribution >= 4 is 5.97 Å². The van der Waals surface area contributed by atoms with Crippen LogP contribution in [0.3, 0.4) is 0 Å². The largest absolute Gasteiger partial charge is 0.476 e. The van der Waals surface area contributed by atoms with Crippen LogP contribution in [0.4, 0.5) is 0 Å². The quantitative estimate of drug-likeness (QED) is 0.820. The second-order valence-electron chi connectivity index (χ2n) is 3.69. The van der Waals surface area contributed by atoms with Gasteiger partial charge in [0, 0.05) is 17.8 Å². The predicted octanol–water partition coefficient (Wildman–Crippen LogP) is 0.338. The van der Waals surface area contributed by atoms with E-state index in [9.17, 15) is 9.59 Å². The van der Waals surface area contributed by atoms with E-state index in [0.717, 1.165) is 16.8 Å². The Balaban J connectivity index is 2.66. The summed E-state index contributed by atoms with van der Waals surface area (Å²) in [7, 11) is 0. The molecule has 7 nitrogen and oxygen atoms in total. The maximum Gasteiger partial charge on any atom is 0.356 e.